The Morgan fingerprint density at radius 3 is 2.95 bits per heavy atom. The van der Waals surface area contributed by atoms with E-state index in [-0.39, 0.29) is 23.5 Å². The number of rotatable bonds is 3. The summed E-state index contributed by atoms with van der Waals surface area (Å²) in [6.07, 6.45) is 2.35. The zero-order valence-electron chi connectivity index (χ0n) is 11.2. The smallest absolute Gasteiger partial charge is 0.250 e. The van der Waals surface area contributed by atoms with Gasteiger partial charge in [0, 0.05) is 38.3 Å². The number of aromatic nitrogens is 1. The molecule has 2 unspecified atom stereocenters. The fourth-order valence-corrected chi connectivity index (χ4v) is 2.38. The highest BCUT2D eigenvalue weighted by atomic mass is 16.3. The van der Waals surface area contributed by atoms with Crippen LogP contribution in [0.5, 0.6) is 0 Å². The third-order valence-corrected chi connectivity index (χ3v) is 3.68. The fourth-order valence-electron chi connectivity index (χ4n) is 2.38. The van der Waals surface area contributed by atoms with Crippen molar-refractivity contribution in [1.29, 1.82) is 0 Å². The van der Waals surface area contributed by atoms with Gasteiger partial charge in [-0.3, -0.25) is 9.59 Å². The van der Waals surface area contributed by atoms with E-state index >= 15 is 0 Å². The van der Waals surface area contributed by atoms with E-state index in [0.717, 1.165) is 0 Å². The molecule has 1 aromatic rings. The Morgan fingerprint density at radius 1 is 1.47 bits per heavy atom. The number of aliphatic hydroxyl groups is 1. The summed E-state index contributed by atoms with van der Waals surface area (Å²) in [6.45, 7) is 3.56. The molecular formula is C14H20N2O3. The number of aliphatic hydroxyl groups excluding tert-OH is 1. The third-order valence-electron chi connectivity index (χ3n) is 3.68. The maximum atomic E-state index is 12.1. The molecule has 5 nitrogen and oxygen atoms in total. The quantitative estimate of drug-likeness (QED) is 0.863. The molecule has 1 saturated heterocycles. The first-order valence-electron chi connectivity index (χ1n) is 6.69. The summed E-state index contributed by atoms with van der Waals surface area (Å²) in [5.41, 5.74) is -0.0854. The van der Waals surface area contributed by atoms with E-state index in [4.69, 9.17) is 0 Å². The van der Waals surface area contributed by atoms with E-state index < -0.39 is 0 Å². The van der Waals surface area contributed by atoms with Crippen molar-refractivity contribution in [3.05, 3.63) is 34.7 Å². The Balaban J connectivity index is 1.88. The number of nitrogens with zero attached hydrogens (tertiary/aromatic N) is 2. The van der Waals surface area contributed by atoms with Gasteiger partial charge in [0.05, 0.1) is 6.10 Å². The minimum Gasteiger partial charge on any atom is -0.393 e. The van der Waals surface area contributed by atoms with E-state index in [1.165, 1.54) is 6.07 Å². The second kappa shape index (κ2) is 6.02. The van der Waals surface area contributed by atoms with Crippen LogP contribution in [0.4, 0.5) is 0 Å². The summed E-state index contributed by atoms with van der Waals surface area (Å²) >= 11 is 0. The molecule has 1 aliphatic heterocycles. The molecule has 19 heavy (non-hydrogen) atoms. The lowest BCUT2D eigenvalue weighted by atomic mass is 9.96. The van der Waals surface area contributed by atoms with Crippen molar-refractivity contribution in [2.24, 2.45) is 5.92 Å². The zero-order valence-corrected chi connectivity index (χ0v) is 11.2. The largest absolute Gasteiger partial charge is 0.393 e. The van der Waals surface area contributed by atoms with Crippen LogP contribution in [0.2, 0.25) is 0 Å². The van der Waals surface area contributed by atoms with E-state index in [1.807, 2.05) is 6.92 Å². The SMILES string of the molecule is CC1CN(C(=O)CCn2ccccc2=O)CCC1O. The molecule has 2 rings (SSSR count). The molecular weight excluding hydrogens is 244 g/mol. The van der Waals surface area contributed by atoms with Crippen LogP contribution in [0.25, 0.3) is 0 Å². The number of carbonyl (C=O) groups excluding carboxylic acids is 1. The summed E-state index contributed by atoms with van der Waals surface area (Å²) in [4.78, 5) is 25.4. The maximum absolute atomic E-state index is 12.1. The van der Waals surface area contributed by atoms with E-state index in [2.05, 4.69) is 0 Å². The van der Waals surface area contributed by atoms with Gasteiger partial charge in [-0.05, 0) is 18.4 Å². The van der Waals surface area contributed by atoms with Crippen molar-refractivity contribution < 1.29 is 9.90 Å². The first-order valence-corrected chi connectivity index (χ1v) is 6.69. The predicted octanol–water partition coefficient (Wildman–Crippen LogP) is 0.468. The van der Waals surface area contributed by atoms with Gasteiger partial charge >= 0.3 is 0 Å². The van der Waals surface area contributed by atoms with Gasteiger partial charge in [0.15, 0.2) is 0 Å². The molecule has 104 valence electrons. The number of hydrogen-bond donors (Lipinski definition) is 1. The van der Waals surface area contributed by atoms with Gasteiger partial charge < -0.3 is 14.6 Å². The number of likely N-dealkylation sites (tertiary alicyclic amines) is 1. The molecule has 0 bridgehead atoms. The highest BCUT2D eigenvalue weighted by molar-refractivity contribution is 5.76. The molecule has 2 atom stereocenters. The fraction of sp³-hybridized carbons (Fsp3) is 0.571. The summed E-state index contributed by atoms with van der Waals surface area (Å²) in [5.74, 6) is 0.173. The van der Waals surface area contributed by atoms with Crippen LogP contribution in [0, 0.1) is 5.92 Å². The standard InChI is InChI=1S/C14H20N2O3/c1-11-10-16(8-5-12(11)17)14(19)6-9-15-7-3-2-4-13(15)18/h2-4,7,11-12,17H,5-6,8-10H2,1H3. The number of piperidine rings is 1. The van der Waals surface area contributed by atoms with Crippen LogP contribution < -0.4 is 5.56 Å². The number of aryl methyl sites for hydroxylation is 1. The number of carbonyl (C=O) groups is 1. The second-order valence-corrected chi connectivity index (χ2v) is 5.16. The van der Waals surface area contributed by atoms with E-state index in [9.17, 15) is 14.7 Å². The highest BCUT2D eigenvalue weighted by Gasteiger charge is 2.26. The average Bonchev–Trinajstić information content (AvgIpc) is 2.40. The van der Waals surface area contributed by atoms with Crippen molar-refractivity contribution in [3.8, 4) is 0 Å². The summed E-state index contributed by atoms with van der Waals surface area (Å²) < 4.78 is 1.54. The lowest BCUT2D eigenvalue weighted by molar-refractivity contribution is -0.134. The normalized spacial score (nSPS) is 23.4. The van der Waals surface area contributed by atoms with Crippen molar-refractivity contribution in [1.82, 2.24) is 9.47 Å². The molecule has 5 heteroatoms. The van der Waals surface area contributed by atoms with Crippen molar-refractivity contribution >= 4 is 5.91 Å². The maximum Gasteiger partial charge on any atom is 0.250 e. The lowest BCUT2D eigenvalue weighted by Crippen LogP contribution is -2.45. The van der Waals surface area contributed by atoms with Gasteiger partial charge in [0.25, 0.3) is 5.56 Å². The highest BCUT2D eigenvalue weighted by Crippen LogP contribution is 2.17. The van der Waals surface area contributed by atoms with Gasteiger partial charge in [-0.1, -0.05) is 13.0 Å². The molecule has 0 spiro atoms. The molecule has 1 aromatic heterocycles. The lowest BCUT2D eigenvalue weighted by Gasteiger charge is -2.34. The van der Waals surface area contributed by atoms with Gasteiger partial charge in [-0.2, -0.15) is 0 Å². The summed E-state index contributed by atoms with van der Waals surface area (Å²) in [6, 6.07) is 4.96. The van der Waals surface area contributed by atoms with E-state index in [1.54, 1.807) is 27.8 Å². The summed E-state index contributed by atoms with van der Waals surface area (Å²) in [7, 11) is 0. The van der Waals surface area contributed by atoms with Crippen LogP contribution in [0.3, 0.4) is 0 Å². The molecule has 1 aliphatic rings. The van der Waals surface area contributed by atoms with Crippen molar-refractivity contribution in [3.63, 3.8) is 0 Å². The average molecular weight is 264 g/mol. The third kappa shape index (κ3) is 3.44. The van der Waals surface area contributed by atoms with Gasteiger partial charge in [-0.25, -0.2) is 0 Å². The first kappa shape index (κ1) is 13.8. The van der Waals surface area contributed by atoms with Crippen molar-refractivity contribution in [2.75, 3.05) is 13.1 Å². The second-order valence-electron chi connectivity index (χ2n) is 5.16. The predicted molar refractivity (Wildman–Crippen MR) is 71.7 cm³/mol. The minimum atomic E-state index is -0.305. The molecule has 1 amide bonds. The molecule has 1 N–H and O–H groups in total. The van der Waals surface area contributed by atoms with E-state index in [0.29, 0.717) is 32.5 Å². The molecule has 0 aromatic carbocycles. The molecule has 2 heterocycles. The molecule has 0 saturated carbocycles. The Labute approximate surface area is 112 Å². The Kier molecular flexibility index (Phi) is 4.37. The number of hydrogen-bond acceptors (Lipinski definition) is 3. The number of amides is 1. The summed E-state index contributed by atoms with van der Waals surface area (Å²) in [5, 5.41) is 9.64. The van der Waals surface area contributed by atoms with Crippen molar-refractivity contribution in [2.45, 2.75) is 32.4 Å². The molecule has 0 radical (unpaired) electrons. The Hall–Kier alpha value is -1.62. The number of pyridine rings is 1. The first-order chi connectivity index (χ1) is 9.08. The Bertz CT molecular complexity index is 497. The zero-order chi connectivity index (χ0) is 13.8. The monoisotopic (exact) mass is 264 g/mol. The topological polar surface area (TPSA) is 62.5 Å². The van der Waals surface area contributed by atoms with Gasteiger partial charge in [0.1, 0.15) is 0 Å². The molecule has 0 aliphatic carbocycles. The van der Waals surface area contributed by atoms with Crippen LogP contribution in [0.1, 0.15) is 19.8 Å². The van der Waals surface area contributed by atoms with Gasteiger partial charge in [-0.15, -0.1) is 0 Å². The van der Waals surface area contributed by atoms with Crippen LogP contribution in [-0.4, -0.2) is 39.7 Å². The van der Waals surface area contributed by atoms with Gasteiger partial charge in [0.2, 0.25) is 5.91 Å². The minimum absolute atomic E-state index is 0.0505. The van der Waals surface area contributed by atoms with Crippen LogP contribution in [0.15, 0.2) is 29.2 Å². The van der Waals surface area contributed by atoms with Crippen LogP contribution in [-0.2, 0) is 11.3 Å². The Morgan fingerprint density at radius 2 is 2.26 bits per heavy atom. The van der Waals surface area contributed by atoms with Crippen LogP contribution >= 0.6 is 0 Å². The molecule has 1 fully saturated rings.